The third kappa shape index (κ3) is 2.54. The molecular weight excluding hydrogens is 204 g/mol. The number of rotatable bonds is 2. The first-order valence-corrected chi connectivity index (χ1v) is 6.25. The highest BCUT2D eigenvalue weighted by Gasteiger charge is 2.28. The molecule has 0 aromatic heterocycles. The molecule has 0 radical (unpaired) electrons. The van der Waals surface area contributed by atoms with Crippen molar-refractivity contribution < 1.29 is 9.59 Å². The lowest BCUT2D eigenvalue weighted by molar-refractivity contribution is -0.133. The van der Waals surface area contributed by atoms with Gasteiger partial charge in [0, 0.05) is 19.5 Å². The van der Waals surface area contributed by atoms with Gasteiger partial charge in [-0.3, -0.25) is 9.59 Å². The molecule has 1 aliphatic carbocycles. The van der Waals surface area contributed by atoms with Crippen molar-refractivity contribution in [3.05, 3.63) is 0 Å². The van der Waals surface area contributed by atoms with Crippen molar-refractivity contribution in [2.45, 2.75) is 45.1 Å². The Hall–Kier alpha value is -1.06. The Labute approximate surface area is 96.4 Å². The summed E-state index contributed by atoms with van der Waals surface area (Å²) in [4.78, 5) is 25.2. The summed E-state index contributed by atoms with van der Waals surface area (Å²) in [6.45, 7) is 3.21. The van der Waals surface area contributed by atoms with Crippen LogP contribution in [0.3, 0.4) is 0 Å². The number of nitrogens with one attached hydrogen (secondary N) is 1. The van der Waals surface area contributed by atoms with Gasteiger partial charge in [-0.05, 0) is 25.7 Å². The first-order valence-electron chi connectivity index (χ1n) is 6.25. The van der Waals surface area contributed by atoms with E-state index in [2.05, 4.69) is 5.32 Å². The van der Waals surface area contributed by atoms with Gasteiger partial charge in [-0.15, -0.1) is 0 Å². The average Bonchev–Trinajstić information content (AvgIpc) is 2.71. The highest BCUT2D eigenvalue weighted by Crippen LogP contribution is 2.26. The maximum Gasteiger partial charge on any atom is 0.244 e. The van der Waals surface area contributed by atoms with Crippen molar-refractivity contribution >= 4 is 11.8 Å². The molecule has 4 nitrogen and oxygen atoms in total. The molecule has 1 heterocycles. The quantitative estimate of drug-likeness (QED) is 0.758. The van der Waals surface area contributed by atoms with Crippen LogP contribution in [0, 0.1) is 5.92 Å². The summed E-state index contributed by atoms with van der Waals surface area (Å²) in [7, 11) is 0. The first kappa shape index (κ1) is 11.4. The molecule has 1 unspecified atom stereocenters. The van der Waals surface area contributed by atoms with Gasteiger partial charge in [0.05, 0.1) is 0 Å². The number of carbonyl (C=O) groups is 2. The van der Waals surface area contributed by atoms with Gasteiger partial charge < -0.3 is 10.2 Å². The van der Waals surface area contributed by atoms with Crippen LogP contribution in [0.15, 0.2) is 0 Å². The van der Waals surface area contributed by atoms with Crippen molar-refractivity contribution in [2.24, 2.45) is 5.92 Å². The molecule has 16 heavy (non-hydrogen) atoms. The molecule has 0 aromatic carbocycles. The molecule has 2 rings (SSSR count). The largest absolute Gasteiger partial charge is 0.345 e. The van der Waals surface area contributed by atoms with Crippen LogP contribution >= 0.6 is 0 Å². The smallest absolute Gasteiger partial charge is 0.244 e. The van der Waals surface area contributed by atoms with Crippen LogP contribution in [0.1, 0.15) is 39.0 Å². The van der Waals surface area contributed by atoms with Crippen LogP contribution in [0.2, 0.25) is 0 Å². The predicted molar refractivity (Wildman–Crippen MR) is 60.8 cm³/mol. The summed E-state index contributed by atoms with van der Waals surface area (Å²) in [6.07, 6.45) is 5.50. The molecule has 1 saturated heterocycles. The molecule has 2 amide bonds. The molecule has 0 bridgehead atoms. The number of hydrogen-bond acceptors (Lipinski definition) is 2. The molecule has 2 fully saturated rings. The monoisotopic (exact) mass is 224 g/mol. The van der Waals surface area contributed by atoms with Gasteiger partial charge in [-0.2, -0.15) is 0 Å². The molecular formula is C12H20N2O2. The van der Waals surface area contributed by atoms with Crippen LogP contribution in [0.5, 0.6) is 0 Å². The van der Waals surface area contributed by atoms with Gasteiger partial charge in [0.15, 0.2) is 0 Å². The summed E-state index contributed by atoms with van der Waals surface area (Å²) in [6, 6.07) is -0.351. The minimum absolute atomic E-state index is 0.00484. The topological polar surface area (TPSA) is 49.4 Å². The van der Waals surface area contributed by atoms with Crippen molar-refractivity contribution in [1.82, 2.24) is 10.2 Å². The van der Waals surface area contributed by atoms with Gasteiger partial charge >= 0.3 is 0 Å². The number of amides is 2. The molecule has 0 spiro atoms. The molecule has 90 valence electrons. The number of hydrogen-bond donors (Lipinski definition) is 1. The fourth-order valence-corrected chi connectivity index (χ4v) is 2.68. The van der Waals surface area contributed by atoms with Gasteiger partial charge in [0.2, 0.25) is 11.8 Å². The van der Waals surface area contributed by atoms with Crippen molar-refractivity contribution in [2.75, 3.05) is 13.1 Å². The summed E-state index contributed by atoms with van der Waals surface area (Å²) >= 11 is 0. The molecule has 0 aromatic rings. The second kappa shape index (κ2) is 4.85. The highest BCUT2D eigenvalue weighted by atomic mass is 16.2. The molecule has 1 aliphatic heterocycles. The lowest BCUT2D eigenvalue weighted by Crippen LogP contribution is -2.44. The van der Waals surface area contributed by atoms with E-state index in [-0.39, 0.29) is 17.9 Å². The third-order valence-electron chi connectivity index (χ3n) is 3.62. The van der Waals surface area contributed by atoms with Gasteiger partial charge in [0.25, 0.3) is 0 Å². The molecule has 1 atom stereocenters. The Morgan fingerprint density at radius 3 is 2.69 bits per heavy atom. The minimum Gasteiger partial charge on any atom is -0.345 e. The van der Waals surface area contributed by atoms with E-state index in [4.69, 9.17) is 0 Å². The van der Waals surface area contributed by atoms with E-state index >= 15 is 0 Å². The molecule has 4 heteroatoms. The maximum atomic E-state index is 12.0. The van der Waals surface area contributed by atoms with E-state index in [1.54, 1.807) is 6.92 Å². The summed E-state index contributed by atoms with van der Waals surface area (Å²) in [5, 5.41) is 2.72. The zero-order valence-corrected chi connectivity index (χ0v) is 9.87. The summed E-state index contributed by atoms with van der Waals surface area (Å²) < 4.78 is 0. The van der Waals surface area contributed by atoms with E-state index in [9.17, 15) is 9.59 Å². The summed E-state index contributed by atoms with van der Waals surface area (Å²) in [5.74, 6) is 0.733. The minimum atomic E-state index is -0.351. The van der Waals surface area contributed by atoms with Crippen LogP contribution in [0.4, 0.5) is 0 Å². The lowest BCUT2D eigenvalue weighted by atomic mass is 10.1. The van der Waals surface area contributed by atoms with Crippen molar-refractivity contribution in [3.8, 4) is 0 Å². The van der Waals surface area contributed by atoms with E-state index in [1.807, 2.05) is 4.90 Å². The van der Waals surface area contributed by atoms with Crippen molar-refractivity contribution in [1.29, 1.82) is 0 Å². The van der Waals surface area contributed by atoms with E-state index in [0.717, 1.165) is 6.54 Å². The average molecular weight is 224 g/mol. The van der Waals surface area contributed by atoms with Crippen molar-refractivity contribution in [3.63, 3.8) is 0 Å². The Morgan fingerprint density at radius 1 is 1.31 bits per heavy atom. The molecule has 1 N–H and O–H groups in total. The van der Waals surface area contributed by atoms with E-state index in [1.165, 1.54) is 25.7 Å². The van der Waals surface area contributed by atoms with E-state index in [0.29, 0.717) is 18.9 Å². The Balaban J connectivity index is 1.95. The van der Waals surface area contributed by atoms with Crippen LogP contribution in [-0.4, -0.2) is 35.8 Å². The third-order valence-corrected chi connectivity index (χ3v) is 3.62. The molecule has 1 saturated carbocycles. The van der Waals surface area contributed by atoms with Crippen LogP contribution in [0.25, 0.3) is 0 Å². The fraction of sp³-hybridized carbons (Fsp3) is 0.833. The predicted octanol–water partition coefficient (Wildman–Crippen LogP) is 0.914. The second-order valence-electron chi connectivity index (χ2n) is 4.97. The fourth-order valence-electron chi connectivity index (χ4n) is 2.68. The zero-order valence-electron chi connectivity index (χ0n) is 9.87. The van der Waals surface area contributed by atoms with Crippen LogP contribution in [-0.2, 0) is 9.59 Å². The Kier molecular flexibility index (Phi) is 3.46. The Bertz CT molecular complexity index is 285. The zero-order chi connectivity index (χ0) is 11.5. The van der Waals surface area contributed by atoms with Gasteiger partial charge in [-0.25, -0.2) is 0 Å². The Morgan fingerprint density at radius 2 is 2.00 bits per heavy atom. The lowest BCUT2D eigenvalue weighted by Gasteiger charge is -2.25. The number of nitrogens with zero attached hydrogens (tertiary/aromatic N) is 1. The SMILES string of the molecule is CC1NC(=O)CCN(CC2CCCC2)C1=O. The van der Waals surface area contributed by atoms with Crippen LogP contribution < -0.4 is 5.32 Å². The molecule has 2 aliphatic rings. The van der Waals surface area contributed by atoms with E-state index < -0.39 is 0 Å². The van der Waals surface area contributed by atoms with Gasteiger partial charge in [-0.1, -0.05) is 12.8 Å². The normalized spacial score (nSPS) is 28.1. The highest BCUT2D eigenvalue weighted by molar-refractivity contribution is 5.89. The van der Waals surface area contributed by atoms with Gasteiger partial charge in [0.1, 0.15) is 6.04 Å². The first-order chi connectivity index (χ1) is 7.66. The standard InChI is InChI=1S/C12H20N2O2/c1-9-12(16)14(7-6-11(15)13-9)8-10-4-2-3-5-10/h9-10H,2-8H2,1H3,(H,13,15). The second-order valence-corrected chi connectivity index (χ2v) is 4.97. The summed E-state index contributed by atoms with van der Waals surface area (Å²) in [5.41, 5.74) is 0. The maximum absolute atomic E-state index is 12.0. The number of carbonyl (C=O) groups excluding carboxylic acids is 2.